The number of benzene rings is 2. The second-order valence-electron chi connectivity index (χ2n) is 4.18. The van der Waals surface area contributed by atoms with Crippen LogP contribution in [0.1, 0.15) is 21.8 Å². The van der Waals surface area contributed by atoms with Gasteiger partial charge in [-0.2, -0.15) is 5.26 Å². The van der Waals surface area contributed by atoms with E-state index in [1.54, 1.807) is 37.4 Å². The van der Waals surface area contributed by atoms with Crippen LogP contribution in [0.2, 0.25) is 0 Å². The van der Waals surface area contributed by atoms with Gasteiger partial charge in [0.2, 0.25) is 0 Å². The largest absolute Gasteiger partial charge is 0.497 e. The number of rotatable bonds is 4. The molecule has 0 aromatic heterocycles. The number of Topliss-reactive ketones (excluding diaryl/α,β-unsaturated/α-hetero) is 1. The lowest BCUT2D eigenvalue weighted by Gasteiger charge is -2.11. The first-order valence-corrected chi connectivity index (χ1v) is 6.79. The number of hydrogen-bond donors (Lipinski definition) is 0. The highest BCUT2D eigenvalue weighted by atomic mass is 79.9. The predicted octanol–water partition coefficient (Wildman–Crippen LogP) is 3.95. The van der Waals surface area contributed by atoms with Crippen molar-refractivity contribution in [1.29, 1.82) is 5.26 Å². The lowest BCUT2D eigenvalue weighted by atomic mass is 9.92. The summed E-state index contributed by atoms with van der Waals surface area (Å²) in [6, 6.07) is 16.1. The average molecular weight is 330 g/mol. The summed E-state index contributed by atoms with van der Waals surface area (Å²) in [5.41, 5.74) is 1.17. The molecule has 4 heteroatoms. The zero-order chi connectivity index (χ0) is 14.5. The van der Waals surface area contributed by atoms with Crippen LogP contribution < -0.4 is 4.74 Å². The van der Waals surface area contributed by atoms with Crippen LogP contribution in [0.25, 0.3) is 0 Å². The van der Waals surface area contributed by atoms with Crippen molar-refractivity contribution in [2.75, 3.05) is 7.11 Å². The van der Waals surface area contributed by atoms with Crippen LogP contribution in [0.5, 0.6) is 5.75 Å². The molecule has 0 bridgehead atoms. The van der Waals surface area contributed by atoms with E-state index in [1.807, 2.05) is 18.2 Å². The predicted molar refractivity (Wildman–Crippen MR) is 79.8 cm³/mol. The SMILES string of the molecule is COc1ccc(C(=O)C(C#N)c2ccccc2Br)cc1. The van der Waals surface area contributed by atoms with E-state index in [0.717, 1.165) is 4.47 Å². The fourth-order valence-corrected chi connectivity index (χ4v) is 2.41. The van der Waals surface area contributed by atoms with Crippen LogP contribution in [0, 0.1) is 11.3 Å². The number of carbonyl (C=O) groups excluding carboxylic acids is 1. The Morgan fingerprint density at radius 2 is 1.85 bits per heavy atom. The molecule has 2 aromatic rings. The molecule has 1 atom stereocenters. The van der Waals surface area contributed by atoms with Gasteiger partial charge in [0.05, 0.1) is 13.2 Å². The Balaban J connectivity index is 2.35. The first-order valence-electron chi connectivity index (χ1n) is 5.99. The summed E-state index contributed by atoms with van der Waals surface area (Å²) in [5, 5.41) is 9.32. The van der Waals surface area contributed by atoms with Crippen LogP contribution in [0.15, 0.2) is 53.0 Å². The number of nitriles is 1. The summed E-state index contributed by atoms with van der Waals surface area (Å²) in [7, 11) is 1.57. The van der Waals surface area contributed by atoms with E-state index in [-0.39, 0.29) is 5.78 Å². The van der Waals surface area contributed by atoms with Gasteiger partial charge in [-0.3, -0.25) is 4.79 Å². The Hall–Kier alpha value is -2.12. The number of methoxy groups -OCH3 is 1. The Bertz CT molecular complexity index is 659. The molecule has 0 saturated carbocycles. The average Bonchev–Trinajstić information content (AvgIpc) is 2.50. The number of nitrogens with zero attached hydrogens (tertiary/aromatic N) is 1. The van der Waals surface area contributed by atoms with Crippen LogP contribution >= 0.6 is 15.9 Å². The second-order valence-corrected chi connectivity index (χ2v) is 5.03. The molecular weight excluding hydrogens is 318 g/mol. The molecule has 3 nitrogen and oxygen atoms in total. The van der Waals surface area contributed by atoms with Crippen molar-refractivity contribution in [3.05, 3.63) is 64.1 Å². The van der Waals surface area contributed by atoms with Crippen molar-refractivity contribution in [3.63, 3.8) is 0 Å². The maximum Gasteiger partial charge on any atom is 0.184 e. The van der Waals surface area contributed by atoms with E-state index in [2.05, 4.69) is 22.0 Å². The van der Waals surface area contributed by atoms with Gasteiger partial charge in [-0.25, -0.2) is 0 Å². The number of hydrogen-bond acceptors (Lipinski definition) is 3. The van der Waals surface area contributed by atoms with E-state index < -0.39 is 5.92 Å². The lowest BCUT2D eigenvalue weighted by Crippen LogP contribution is -2.11. The van der Waals surface area contributed by atoms with Crippen molar-refractivity contribution in [2.24, 2.45) is 0 Å². The van der Waals surface area contributed by atoms with Crippen molar-refractivity contribution in [1.82, 2.24) is 0 Å². The minimum absolute atomic E-state index is 0.220. The summed E-state index contributed by atoms with van der Waals surface area (Å²) in [6.45, 7) is 0. The standard InChI is InChI=1S/C16H12BrNO2/c1-20-12-8-6-11(7-9-12)16(19)14(10-18)13-4-2-3-5-15(13)17/h2-9,14H,1H3. The Kier molecular flexibility index (Phi) is 4.54. The Morgan fingerprint density at radius 1 is 1.20 bits per heavy atom. The number of ether oxygens (including phenoxy) is 1. The number of halogens is 1. The molecule has 0 aliphatic rings. The summed E-state index contributed by atoms with van der Waals surface area (Å²) >= 11 is 3.38. The Labute approximate surface area is 125 Å². The molecule has 0 fully saturated rings. The maximum absolute atomic E-state index is 12.4. The maximum atomic E-state index is 12.4. The third kappa shape index (κ3) is 2.89. The van der Waals surface area contributed by atoms with Gasteiger partial charge >= 0.3 is 0 Å². The van der Waals surface area contributed by atoms with Gasteiger partial charge in [-0.1, -0.05) is 34.1 Å². The van der Waals surface area contributed by atoms with Gasteiger partial charge in [-0.05, 0) is 35.9 Å². The zero-order valence-corrected chi connectivity index (χ0v) is 12.4. The molecule has 2 aromatic carbocycles. The van der Waals surface area contributed by atoms with Crippen molar-refractivity contribution < 1.29 is 9.53 Å². The minimum Gasteiger partial charge on any atom is -0.497 e. The Morgan fingerprint density at radius 3 is 2.40 bits per heavy atom. The van der Waals surface area contributed by atoms with Gasteiger partial charge < -0.3 is 4.74 Å². The second kappa shape index (κ2) is 6.36. The molecule has 20 heavy (non-hydrogen) atoms. The van der Waals surface area contributed by atoms with E-state index in [4.69, 9.17) is 4.74 Å². The van der Waals surface area contributed by atoms with E-state index in [0.29, 0.717) is 16.9 Å². The van der Waals surface area contributed by atoms with Gasteiger partial charge in [0, 0.05) is 10.0 Å². The fourth-order valence-electron chi connectivity index (χ4n) is 1.90. The molecule has 0 N–H and O–H groups in total. The zero-order valence-electron chi connectivity index (χ0n) is 10.8. The molecule has 0 saturated heterocycles. The highest BCUT2D eigenvalue weighted by Gasteiger charge is 2.23. The molecule has 2 rings (SSSR count). The van der Waals surface area contributed by atoms with E-state index in [1.165, 1.54) is 0 Å². The normalized spacial score (nSPS) is 11.4. The van der Waals surface area contributed by atoms with Crippen LogP contribution in [0.3, 0.4) is 0 Å². The monoisotopic (exact) mass is 329 g/mol. The molecule has 0 heterocycles. The molecule has 1 unspecified atom stereocenters. The van der Waals surface area contributed by atoms with Gasteiger partial charge in [0.15, 0.2) is 5.78 Å². The summed E-state index contributed by atoms with van der Waals surface area (Å²) < 4.78 is 5.81. The molecule has 0 amide bonds. The van der Waals surface area contributed by atoms with Gasteiger partial charge in [0.25, 0.3) is 0 Å². The number of ketones is 1. The molecule has 0 aliphatic heterocycles. The summed E-state index contributed by atoms with van der Waals surface area (Å²) in [5.74, 6) is -0.364. The molecule has 0 spiro atoms. The smallest absolute Gasteiger partial charge is 0.184 e. The third-order valence-corrected chi connectivity index (χ3v) is 3.70. The molecule has 0 aliphatic carbocycles. The summed E-state index contributed by atoms with van der Waals surface area (Å²) in [4.78, 5) is 12.4. The van der Waals surface area contributed by atoms with Gasteiger partial charge in [-0.15, -0.1) is 0 Å². The van der Waals surface area contributed by atoms with E-state index >= 15 is 0 Å². The molecule has 100 valence electrons. The lowest BCUT2D eigenvalue weighted by molar-refractivity contribution is 0.0978. The van der Waals surface area contributed by atoms with Crippen molar-refractivity contribution >= 4 is 21.7 Å². The highest BCUT2D eigenvalue weighted by molar-refractivity contribution is 9.10. The minimum atomic E-state index is -0.820. The number of carbonyl (C=O) groups is 1. The van der Waals surface area contributed by atoms with E-state index in [9.17, 15) is 10.1 Å². The van der Waals surface area contributed by atoms with Crippen LogP contribution in [-0.2, 0) is 0 Å². The molecular formula is C16H12BrNO2. The van der Waals surface area contributed by atoms with Crippen molar-refractivity contribution in [3.8, 4) is 11.8 Å². The first kappa shape index (κ1) is 14.3. The third-order valence-electron chi connectivity index (χ3n) is 2.98. The van der Waals surface area contributed by atoms with Gasteiger partial charge in [0.1, 0.15) is 11.7 Å². The molecule has 0 radical (unpaired) electrons. The quantitative estimate of drug-likeness (QED) is 0.798. The van der Waals surface area contributed by atoms with Crippen LogP contribution in [-0.4, -0.2) is 12.9 Å². The summed E-state index contributed by atoms with van der Waals surface area (Å²) in [6.07, 6.45) is 0. The highest BCUT2D eigenvalue weighted by Crippen LogP contribution is 2.27. The van der Waals surface area contributed by atoms with Crippen molar-refractivity contribution in [2.45, 2.75) is 5.92 Å². The first-order chi connectivity index (χ1) is 9.67. The fraction of sp³-hybridized carbons (Fsp3) is 0.125. The van der Waals surface area contributed by atoms with Crippen LogP contribution in [0.4, 0.5) is 0 Å². The topological polar surface area (TPSA) is 50.1 Å².